The molecule has 8 aromatic heterocycles. The number of carboxylic acids is 1. The molecule has 4 amide bonds. The molecule has 12 rings (SSSR count). The summed E-state index contributed by atoms with van der Waals surface area (Å²) in [5.41, 5.74) is 11.5. The van der Waals surface area contributed by atoms with Crippen LogP contribution in [0.5, 0.6) is 0 Å². The number of imidazole rings is 2. The molecule has 0 aromatic carbocycles. The molecule has 4 aliphatic heterocycles. The molecule has 5 unspecified atom stereocenters. The zero-order chi connectivity index (χ0) is 60.3. The SMILES string of the molecule is CN=C(C(=O)NC1C(=O)N2C(C(=O)[O-])=C(C[n+]3cccc4c3ncn4Cc3ccccn3)CSC12)c1nsc(N)n1.Cl.[B]P(C)OC(=O)C1=C(C[n+]2cccc3c2ncn3Cc2ccccn2)CSC2C(NC(=O)C(=NC)c3nsc(NC)n3)C(=O)N12.[I-]. The summed E-state index contributed by atoms with van der Waals surface area (Å²) in [6.07, 6.45) is 10.6. The number of nitrogens with two attached hydrogens (primary N) is 1. The predicted octanol–water partition coefficient (Wildman–Crippen LogP) is -2.76. The average molecular weight is 1420 g/mol. The zero-order valence-corrected chi connectivity index (χ0v) is 53.9. The van der Waals surface area contributed by atoms with Crippen LogP contribution in [0.2, 0.25) is 0 Å². The van der Waals surface area contributed by atoms with Crippen molar-refractivity contribution in [3.8, 4) is 0 Å². The fraction of sp³-hybridized carbons (Fsp3) is 0.269. The molecule has 36 heteroatoms. The summed E-state index contributed by atoms with van der Waals surface area (Å²) < 4.78 is 21.3. The zero-order valence-electron chi connectivity index (χ0n) is 46.7. The Morgan fingerprint density at radius 1 is 0.739 bits per heavy atom. The van der Waals surface area contributed by atoms with Gasteiger partial charge in [0.1, 0.15) is 52.7 Å². The van der Waals surface area contributed by atoms with E-state index in [2.05, 4.69) is 64.6 Å². The highest BCUT2D eigenvalue weighted by Crippen LogP contribution is 2.43. The molecule has 88 heavy (non-hydrogen) atoms. The van der Waals surface area contributed by atoms with Gasteiger partial charge in [-0.05, 0) is 65.2 Å². The maximum atomic E-state index is 13.5. The average Bonchev–Trinajstić information content (AvgIpc) is 1.07. The first kappa shape index (κ1) is 64.6. The van der Waals surface area contributed by atoms with E-state index in [-0.39, 0.29) is 89.1 Å². The number of aromatic nitrogens is 12. The molecule has 8 aromatic rings. The lowest BCUT2D eigenvalue weighted by Gasteiger charge is -2.50. The Hall–Kier alpha value is -7.89. The number of anilines is 2. The number of nitrogens with one attached hydrogen (secondary N) is 3. The highest BCUT2D eigenvalue weighted by Gasteiger charge is 2.56. The molecule has 5 N–H and O–H groups in total. The van der Waals surface area contributed by atoms with Crippen LogP contribution in [-0.4, -0.2) is 174 Å². The van der Waals surface area contributed by atoms with Gasteiger partial charge in [-0.1, -0.05) is 12.1 Å². The summed E-state index contributed by atoms with van der Waals surface area (Å²) in [4.78, 5) is 115. The number of thioether (sulfide) groups is 2. The summed E-state index contributed by atoms with van der Waals surface area (Å²) in [5, 5.41) is 20.1. The fourth-order valence-electron chi connectivity index (χ4n) is 9.95. The van der Waals surface area contributed by atoms with Gasteiger partial charge >= 0.3 is 17.3 Å². The Morgan fingerprint density at radius 3 is 1.66 bits per heavy atom. The van der Waals surface area contributed by atoms with Crippen LogP contribution in [0.3, 0.4) is 0 Å². The molecule has 452 valence electrons. The molecular formula is C52H50BClIN20O8PS4. The van der Waals surface area contributed by atoms with E-state index in [1.807, 2.05) is 91.3 Å². The second kappa shape index (κ2) is 28.1. The molecule has 2 radical (unpaired) electrons. The molecular weight excluding hydrogens is 1370 g/mol. The summed E-state index contributed by atoms with van der Waals surface area (Å²) in [5.74, 6) is -3.46. The minimum Gasteiger partial charge on any atom is -1.00 e. The molecule has 0 aliphatic carbocycles. The van der Waals surface area contributed by atoms with E-state index in [9.17, 15) is 33.9 Å². The molecule has 12 heterocycles. The number of hydrogen-bond acceptors (Lipinski definition) is 24. The van der Waals surface area contributed by atoms with Gasteiger partial charge < -0.3 is 60.1 Å². The largest absolute Gasteiger partial charge is 1.00 e. The Morgan fingerprint density at radius 2 is 1.23 bits per heavy atom. The van der Waals surface area contributed by atoms with Crippen LogP contribution >= 0.6 is 67.0 Å². The van der Waals surface area contributed by atoms with Crippen molar-refractivity contribution in [1.29, 1.82) is 0 Å². The van der Waals surface area contributed by atoms with Gasteiger partial charge in [0.2, 0.25) is 17.8 Å². The van der Waals surface area contributed by atoms with E-state index in [1.165, 1.54) is 47.4 Å². The van der Waals surface area contributed by atoms with E-state index in [4.69, 9.17) is 17.8 Å². The molecule has 4 aliphatic rings. The normalized spacial score (nSPS) is 18.4. The molecule has 0 saturated carbocycles. The second-order valence-electron chi connectivity index (χ2n) is 19.2. The van der Waals surface area contributed by atoms with Gasteiger partial charge in [0.15, 0.2) is 35.8 Å². The number of nitrogens with zero attached hydrogens (tertiary/aromatic N) is 16. The highest BCUT2D eigenvalue weighted by molar-refractivity contribution is 8.00. The number of fused-ring (bicyclic) bond motifs is 4. The third kappa shape index (κ3) is 13.1. The Labute approximate surface area is 543 Å². The number of β-lactam (4-membered cyclic amide) rings is 2. The van der Waals surface area contributed by atoms with Crippen molar-refractivity contribution < 1.29 is 71.5 Å². The minimum absolute atomic E-state index is 0. The lowest BCUT2D eigenvalue weighted by Crippen LogP contribution is -3.00. The summed E-state index contributed by atoms with van der Waals surface area (Å²) >= 11 is 4.80. The number of amides is 4. The summed E-state index contributed by atoms with van der Waals surface area (Å²) in [6.45, 7) is 3.14. The molecule has 5 atom stereocenters. The van der Waals surface area contributed by atoms with Crippen LogP contribution < -0.4 is 59.9 Å². The molecule has 2 fully saturated rings. The molecule has 0 bridgehead atoms. The topological polar surface area (TPSA) is 349 Å². The van der Waals surface area contributed by atoms with Gasteiger partial charge in [-0.3, -0.25) is 58.1 Å². The first-order valence-corrected chi connectivity index (χ1v) is 31.4. The number of pyridine rings is 4. The van der Waals surface area contributed by atoms with Crippen molar-refractivity contribution >= 4 is 154 Å². The standard InChI is InChI=1S/C27H26BN10O4PS2.C25H22N10O4S2.ClH.HI/c1-29-18(21-34-27(30-2)45-35-21)23(39)33-19-24(40)38-20(26(41)42-43(3)28)15(13-44-25(19)38)11-36-10-6-8-17-22(36)32-14-37(17)12-16-7-4-5-9-31-16;1-27-16(19-31-25(26)41-32-19)21(36)30-17-22(37)35-18(24(38)39)13(11-40-23(17)35)9-33-8-4-6-15-20(33)29-12-34(15)10-14-5-2-3-7-28-14;;/h4-10,14,19,25H,11-13H2,1-3H3,(H-,30,33,34,35,39);2-8,12,17,23H,9-11H2,1H3,(H3-,26,30,31,32,36,38,39);2*1H. The maximum Gasteiger partial charge on any atom is 0.357 e. The molecule has 28 nitrogen and oxygen atoms in total. The van der Waals surface area contributed by atoms with E-state index in [1.54, 1.807) is 38.8 Å². The number of carbonyl (C=O) groups is 6. The van der Waals surface area contributed by atoms with Crippen LogP contribution in [0.25, 0.3) is 22.3 Å². The first-order valence-electron chi connectivity index (χ1n) is 26.0. The van der Waals surface area contributed by atoms with Crippen molar-refractivity contribution in [3.63, 3.8) is 0 Å². The number of nitrogen functional groups attached to an aromatic ring is 1. The van der Waals surface area contributed by atoms with Crippen LogP contribution in [0.4, 0.5) is 10.3 Å². The number of rotatable bonds is 18. The van der Waals surface area contributed by atoms with E-state index in [0.29, 0.717) is 52.2 Å². The van der Waals surface area contributed by atoms with Gasteiger partial charge in [-0.2, -0.15) is 18.7 Å². The van der Waals surface area contributed by atoms with Crippen LogP contribution in [0, 0.1) is 0 Å². The number of halogens is 2. The first-order chi connectivity index (χ1) is 41.6. The number of hydrogen-bond donors (Lipinski definition) is 4. The van der Waals surface area contributed by atoms with Crippen molar-refractivity contribution in [3.05, 3.63) is 144 Å². The van der Waals surface area contributed by atoms with Crippen LogP contribution in [-0.2, 0) is 59.5 Å². The number of aliphatic imine (C=N–C) groups is 2. The lowest BCUT2D eigenvalue weighted by atomic mass is 10.0. The Bertz CT molecular complexity index is 4140. The third-order valence-corrected chi connectivity index (χ3v) is 18.2. The van der Waals surface area contributed by atoms with E-state index >= 15 is 0 Å². The Balaban J connectivity index is 0.000000206. The third-order valence-electron chi connectivity index (χ3n) is 13.8. The lowest BCUT2D eigenvalue weighted by molar-refractivity contribution is -0.665. The van der Waals surface area contributed by atoms with E-state index < -0.39 is 66.4 Å². The number of carbonyl (C=O) groups excluding carboxylic acids is 6. The summed E-state index contributed by atoms with van der Waals surface area (Å²) in [6, 6.07) is 17.3. The van der Waals surface area contributed by atoms with Gasteiger partial charge in [0.05, 0.1) is 48.5 Å². The maximum absolute atomic E-state index is 13.5. The van der Waals surface area contributed by atoms with Crippen molar-refractivity contribution in [2.45, 2.75) is 49.0 Å². The van der Waals surface area contributed by atoms with Gasteiger partial charge in [-0.25, -0.2) is 13.9 Å². The van der Waals surface area contributed by atoms with Crippen molar-refractivity contribution in [2.75, 3.05) is 50.4 Å². The smallest absolute Gasteiger partial charge is 0.357 e. The number of carboxylic acid groups (broad SMARTS) is 1. The van der Waals surface area contributed by atoms with Crippen molar-refractivity contribution in [1.82, 2.24) is 68.2 Å². The monoisotopic (exact) mass is 1410 g/mol. The van der Waals surface area contributed by atoms with Crippen LogP contribution in [0.15, 0.2) is 131 Å². The fourth-order valence-corrected chi connectivity index (χ4v) is 13.9. The van der Waals surface area contributed by atoms with Gasteiger partial charge in [0.25, 0.3) is 23.6 Å². The van der Waals surface area contributed by atoms with Crippen molar-refractivity contribution in [2.24, 2.45) is 9.98 Å². The predicted molar refractivity (Wildman–Crippen MR) is 326 cm³/mol. The van der Waals surface area contributed by atoms with E-state index in [0.717, 1.165) is 45.5 Å². The minimum atomic E-state index is -1.54. The summed E-state index contributed by atoms with van der Waals surface area (Å²) in [7, 11) is 8.88. The Kier molecular flexibility index (Phi) is 20.6. The molecule has 2 saturated heterocycles. The molecule has 0 spiro atoms. The van der Waals surface area contributed by atoms with Crippen LogP contribution in [0.1, 0.15) is 23.0 Å². The second-order valence-corrected chi connectivity index (χ2v) is 24.2. The quantitative estimate of drug-likeness (QED) is 0.0169. The van der Waals surface area contributed by atoms with Gasteiger partial charge in [0, 0.05) is 87.3 Å². The number of aliphatic carboxylic acids is 1. The highest BCUT2D eigenvalue weighted by atomic mass is 127. The van der Waals surface area contributed by atoms with Gasteiger partial charge in [-0.15, -0.1) is 35.9 Å².